The average Bonchev–Trinajstić information content (AvgIpc) is 3.44. The first kappa shape index (κ1) is 25.2. The Morgan fingerprint density at radius 3 is 2.24 bits per heavy atom. The maximum absolute atomic E-state index is 14.7. The van der Waals surface area contributed by atoms with Gasteiger partial charge in [0.25, 0.3) is 5.56 Å². The van der Waals surface area contributed by atoms with E-state index < -0.39 is 0 Å². The van der Waals surface area contributed by atoms with Crippen molar-refractivity contribution in [2.24, 2.45) is 0 Å². The maximum Gasteiger partial charge on any atom is 0.266 e. The molecule has 0 amide bonds. The van der Waals surface area contributed by atoms with Crippen LogP contribution < -0.4 is 15.0 Å². The minimum Gasteiger partial charge on any atom is -0.497 e. The highest BCUT2D eigenvalue weighted by Gasteiger charge is 2.23. The Morgan fingerprint density at radius 2 is 1.48 bits per heavy atom. The van der Waals surface area contributed by atoms with E-state index in [-0.39, 0.29) is 5.56 Å². The first-order valence-corrected chi connectivity index (χ1v) is 13.5. The topological polar surface area (TPSA) is 69.1 Å². The molecule has 4 aromatic carbocycles. The second-order valence-corrected chi connectivity index (χ2v) is 9.84. The molecule has 0 aliphatic heterocycles. The summed E-state index contributed by atoms with van der Waals surface area (Å²) in [5, 5.41) is 2.38. The van der Waals surface area contributed by atoms with E-state index in [0.717, 1.165) is 55.5 Å². The average molecular weight is 548 g/mol. The number of aromatic amines is 1. The molecule has 1 N–H and O–H groups in total. The normalized spacial score (nSPS) is 11.0. The van der Waals surface area contributed by atoms with E-state index in [9.17, 15) is 4.79 Å². The summed E-state index contributed by atoms with van der Waals surface area (Å²) in [6.07, 6.45) is 1.74. The van der Waals surface area contributed by atoms with Crippen LogP contribution in [0.4, 0.5) is 0 Å². The summed E-state index contributed by atoms with van der Waals surface area (Å²) in [5.74, 6) is 8.19. The van der Waals surface area contributed by atoms with Gasteiger partial charge in [0.1, 0.15) is 17.2 Å². The first-order chi connectivity index (χ1) is 20.7. The fraction of sp³-hybridized carbons (Fsp3) is 0.0556. The Bertz CT molecular complexity index is 2230. The molecule has 0 saturated carbocycles. The highest BCUT2D eigenvalue weighted by molar-refractivity contribution is 6.12. The lowest BCUT2D eigenvalue weighted by Crippen LogP contribution is -2.22. The van der Waals surface area contributed by atoms with Crippen molar-refractivity contribution in [1.29, 1.82) is 0 Å². The summed E-state index contributed by atoms with van der Waals surface area (Å²) in [6.45, 7) is 0. The number of nitrogens with one attached hydrogen (secondary N) is 1. The monoisotopic (exact) mass is 547 g/mol. The van der Waals surface area contributed by atoms with E-state index in [2.05, 4.69) is 21.8 Å². The molecule has 0 spiro atoms. The van der Waals surface area contributed by atoms with Crippen LogP contribution in [0, 0.1) is 11.8 Å². The van der Waals surface area contributed by atoms with Gasteiger partial charge in [-0.1, -0.05) is 54.5 Å². The van der Waals surface area contributed by atoms with Gasteiger partial charge in [0.2, 0.25) is 0 Å². The predicted molar refractivity (Wildman–Crippen MR) is 168 cm³/mol. The number of benzene rings is 4. The van der Waals surface area contributed by atoms with E-state index >= 15 is 0 Å². The SMILES string of the molecule is COc1ccc(C#Cc2c(-c3ccc(OC)cc3)c3[nH]c4ccccc4c3c(=O)n2-c2cccc3cccnc23)cc1. The van der Waals surface area contributed by atoms with E-state index in [1.54, 1.807) is 25.0 Å². The van der Waals surface area contributed by atoms with Crippen molar-refractivity contribution < 1.29 is 9.47 Å². The predicted octanol–water partition coefficient (Wildman–Crippen LogP) is 7.10. The number of aromatic nitrogens is 3. The molecule has 7 aromatic rings. The minimum absolute atomic E-state index is 0.170. The molecule has 7 rings (SSSR count). The van der Waals surface area contributed by atoms with Gasteiger partial charge >= 0.3 is 0 Å². The van der Waals surface area contributed by atoms with Crippen molar-refractivity contribution >= 4 is 32.7 Å². The third-order valence-electron chi connectivity index (χ3n) is 7.48. The van der Waals surface area contributed by atoms with Gasteiger partial charge < -0.3 is 14.5 Å². The summed E-state index contributed by atoms with van der Waals surface area (Å²) in [4.78, 5) is 22.9. The van der Waals surface area contributed by atoms with Crippen LogP contribution in [0.25, 0.3) is 49.5 Å². The molecule has 0 atom stereocenters. The lowest BCUT2D eigenvalue weighted by Gasteiger charge is -2.17. The summed E-state index contributed by atoms with van der Waals surface area (Å²) in [7, 11) is 3.28. The summed E-state index contributed by atoms with van der Waals surface area (Å²) < 4.78 is 12.5. The van der Waals surface area contributed by atoms with Crippen molar-refractivity contribution in [3.05, 3.63) is 131 Å². The zero-order valence-electron chi connectivity index (χ0n) is 23.0. The molecular weight excluding hydrogens is 522 g/mol. The molecule has 0 radical (unpaired) electrons. The third kappa shape index (κ3) is 4.16. The van der Waals surface area contributed by atoms with Crippen LogP contribution >= 0.6 is 0 Å². The van der Waals surface area contributed by atoms with Crippen molar-refractivity contribution in [2.45, 2.75) is 0 Å². The van der Waals surface area contributed by atoms with E-state index in [1.807, 2.05) is 103 Å². The molecule has 0 unspecified atom stereocenters. The lowest BCUT2D eigenvalue weighted by molar-refractivity contribution is 0.414. The van der Waals surface area contributed by atoms with Crippen LogP contribution in [0.5, 0.6) is 11.5 Å². The van der Waals surface area contributed by atoms with Gasteiger partial charge in [-0.3, -0.25) is 14.3 Å². The maximum atomic E-state index is 14.7. The third-order valence-corrected chi connectivity index (χ3v) is 7.48. The van der Waals surface area contributed by atoms with Crippen molar-refractivity contribution in [3.8, 4) is 40.2 Å². The number of ether oxygens (including phenoxy) is 2. The van der Waals surface area contributed by atoms with Gasteiger partial charge in [0, 0.05) is 33.6 Å². The highest BCUT2D eigenvalue weighted by atomic mass is 16.5. The van der Waals surface area contributed by atoms with Crippen LogP contribution in [0.3, 0.4) is 0 Å². The highest BCUT2D eigenvalue weighted by Crippen LogP contribution is 2.36. The first-order valence-electron chi connectivity index (χ1n) is 13.5. The van der Waals surface area contributed by atoms with Gasteiger partial charge in [-0.2, -0.15) is 0 Å². The number of hydrogen-bond donors (Lipinski definition) is 1. The molecule has 0 saturated heterocycles. The molecule has 202 valence electrons. The molecule has 3 heterocycles. The summed E-state index contributed by atoms with van der Waals surface area (Å²) in [6, 6.07) is 33.0. The number of para-hydroxylation sites is 2. The standard InChI is InChI=1S/C36H25N3O3/c1-41-26-17-12-23(13-18-26)14-21-30-32(24-15-19-27(42-2)20-16-24)35-33(28-9-3-4-10-29(28)38-35)36(40)39(30)31-11-5-7-25-8-6-22-37-34(25)31/h3-13,15-20,22,38H,1-2H3. The zero-order valence-corrected chi connectivity index (χ0v) is 23.0. The molecule has 42 heavy (non-hydrogen) atoms. The Morgan fingerprint density at radius 1 is 0.762 bits per heavy atom. The fourth-order valence-electron chi connectivity index (χ4n) is 5.46. The zero-order chi connectivity index (χ0) is 28.6. The number of rotatable bonds is 4. The van der Waals surface area contributed by atoms with E-state index in [0.29, 0.717) is 16.8 Å². The molecule has 0 aliphatic carbocycles. The number of hydrogen-bond acceptors (Lipinski definition) is 4. The van der Waals surface area contributed by atoms with Gasteiger partial charge in [-0.25, -0.2) is 0 Å². The van der Waals surface area contributed by atoms with Gasteiger partial charge in [0.05, 0.1) is 36.3 Å². The van der Waals surface area contributed by atoms with Crippen molar-refractivity contribution in [2.75, 3.05) is 14.2 Å². The lowest BCUT2D eigenvalue weighted by atomic mass is 9.99. The number of pyridine rings is 2. The Balaban J connectivity index is 1.65. The van der Waals surface area contributed by atoms with E-state index in [4.69, 9.17) is 9.47 Å². The summed E-state index contributed by atoms with van der Waals surface area (Å²) in [5.41, 5.74) is 5.88. The molecule has 3 aromatic heterocycles. The number of fused-ring (bicyclic) bond motifs is 4. The molecule has 6 heteroatoms. The van der Waals surface area contributed by atoms with Gasteiger partial charge in [0.15, 0.2) is 0 Å². The summed E-state index contributed by atoms with van der Waals surface area (Å²) >= 11 is 0. The van der Waals surface area contributed by atoms with Crippen molar-refractivity contribution in [1.82, 2.24) is 14.5 Å². The fourth-order valence-corrected chi connectivity index (χ4v) is 5.46. The minimum atomic E-state index is -0.170. The molecular formula is C36H25N3O3. The largest absolute Gasteiger partial charge is 0.497 e. The van der Waals surface area contributed by atoms with E-state index in [1.165, 1.54) is 0 Å². The number of nitrogens with zero attached hydrogens (tertiary/aromatic N) is 2. The van der Waals surface area contributed by atoms with Gasteiger partial charge in [-0.15, -0.1) is 0 Å². The second-order valence-electron chi connectivity index (χ2n) is 9.84. The van der Waals surface area contributed by atoms with Crippen LogP contribution in [-0.4, -0.2) is 28.8 Å². The molecule has 6 nitrogen and oxygen atoms in total. The Labute approximate surface area is 241 Å². The number of H-pyrrole nitrogens is 1. The van der Waals surface area contributed by atoms with Crippen LogP contribution in [0.15, 0.2) is 114 Å². The molecule has 0 fully saturated rings. The second kappa shape index (κ2) is 10.3. The van der Waals surface area contributed by atoms with Gasteiger partial charge in [-0.05, 0) is 66.1 Å². The smallest absolute Gasteiger partial charge is 0.266 e. The van der Waals surface area contributed by atoms with Crippen LogP contribution in [0.1, 0.15) is 11.3 Å². The Kier molecular flexibility index (Phi) is 6.18. The number of methoxy groups -OCH3 is 2. The van der Waals surface area contributed by atoms with Crippen LogP contribution in [0.2, 0.25) is 0 Å². The quantitative estimate of drug-likeness (QED) is 0.239. The van der Waals surface area contributed by atoms with Crippen LogP contribution in [-0.2, 0) is 0 Å². The Hall–Kier alpha value is -5.80. The van der Waals surface area contributed by atoms with Crippen molar-refractivity contribution in [3.63, 3.8) is 0 Å². The molecule has 0 aliphatic rings. The molecule has 0 bridgehead atoms.